The number of allylic oxidation sites excluding steroid dienone is 1. The van der Waals surface area contributed by atoms with Crippen LogP contribution in [0.25, 0.3) is 5.57 Å². The fourth-order valence-electron chi connectivity index (χ4n) is 1.70. The van der Waals surface area contributed by atoms with Crippen LogP contribution in [0.4, 0.5) is 5.69 Å². The topological polar surface area (TPSA) is 122 Å². The number of aromatic nitrogens is 3. The van der Waals surface area contributed by atoms with Crippen molar-refractivity contribution < 1.29 is 14.8 Å². The number of hydrogen-bond acceptors (Lipinski definition) is 6. The van der Waals surface area contributed by atoms with Crippen molar-refractivity contribution in [3.8, 4) is 0 Å². The number of nitro groups is 1. The molecule has 114 valence electrons. The molecule has 0 aliphatic heterocycles. The first kappa shape index (κ1) is 15.7. The van der Waals surface area contributed by atoms with Gasteiger partial charge in [0.25, 0.3) is 5.69 Å². The monoisotopic (exact) mass is 320 g/mol. The van der Waals surface area contributed by atoms with Crippen LogP contribution in [0.1, 0.15) is 18.3 Å². The van der Waals surface area contributed by atoms with Gasteiger partial charge in [0, 0.05) is 12.1 Å². The Labute approximate surface area is 129 Å². The maximum atomic E-state index is 11.4. The number of nitrogens with one attached hydrogen (secondary N) is 1. The van der Waals surface area contributed by atoms with Crippen molar-refractivity contribution in [2.45, 2.75) is 19.0 Å². The molecule has 0 fully saturated rings. The third-order valence-electron chi connectivity index (χ3n) is 2.82. The number of rotatable bonds is 5. The third-order valence-corrected chi connectivity index (χ3v) is 3.87. The van der Waals surface area contributed by atoms with E-state index in [0.29, 0.717) is 22.1 Å². The maximum absolute atomic E-state index is 11.4. The average Bonchev–Trinajstić information content (AvgIpc) is 2.89. The van der Waals surface area contributed by atoms with Crippen LogP contribution in [0, 0.1) is 17.0 Å². The number of carbonyl (C=O) groups is 1. The van der Waals surface area contributed by atoms with Crippen LogP contribution in [-0.4, -0.2) is 31.2 Å². The number of carboxylic acid groups (broad SMARTS) is 1. The lowest BCUT2D eigenvalue weighted by Crippen LogP contribution is -2.00. The lowest BCUT2D eigenvalue weighted by atomic mass is 10.1. The molecule has 0 atom stereocenters. The smallest absolute Gasteiger partial charge is 0.342 e. The lowest BCUT2D eigenvalue weighted by molar-refractivity contribution is -0.384. The number of nitrogens with zero attached hydrogens (tertiary/aromatic N) is 3. The largest absolute Gasteiger partial charge is 0.477 e. The summed E-state index contributed by atoms with van der Waals surface area (Å²) in [6.45, 7) is 3.35. The second kappa shape index (κ2) is 6.39. The molecular weight excluding hydrogens is 308 g/mol. The first-order chi connectivity index (χ1) is 10.4. The van der Waals surface area contributed by atoms with Crippen molar-refractivity contribution in [3.63, 3.8) is 0 Å². The van der Waals surface area contributed by atoms with Gasteiger partial charge in [0.2, 0.25) is 5.16 Å². The van der Waals surface area contributed by atoms with Gasteiger partial charge in [0.15, 0.2) is 0 Å². The SMILES string of the molecule is CC(=C(Sc1n[nH]c(C)n1)C(=O)O)c1ccc([N+](=O)[O-])cc1. The number of hydrogen-bond donors (Lipinski definition) is 2. The minimum atomic E-state index is -1.11. The van der Waals surface area contributed by atoms with Gasteiger partial charge in [-0.3, -0.25) is 15.2 Å². The molecule has 8 nitrogen and oxygen atoms in total. The van der Waals surface area contributed by atoms with E-state index in [9.17, 15) is 20.0 Å². The predicted molar refractivity (Wildman–Crippen MR) is 80.3 cm³/mol. The molecule has 1 heterocycles. The Kier molecular flexibility index (Phi) is 4.56. The van der Waals surface area contributed by atoms with Crippen LogP contribution in [0.3, 0.4) is 0 Å². The molecule has 0 unspecified atom stereocenters. The summed E-state index contributed by atoms with van der Waals surface area (Å²) in [5.41, 5.74) is 1.02. The number of aromatic amines is 1. The van der Waals surface area contributed by atoms with Gasteiger partial charge < -0.3 is 5.11 Å². The van der Waals surface area contributed by atoms with E-state index in [1.165, 1.54) is 24.3 Å². The second-order valence-electron chi connectivity index (χ2n) is 4.37. The van der Waals surface area contributed by atoms with Crippen molar-refractivity contribution >= 4 is 29.0 Å². The summed E-state index contributed by atoms with van der Waals surface area (Å²) in [5.74, 6) is -0.525. The first-order valence-electron chi connectivity index (χ1n) is 6.14. The van der Waals surface area contributed by atoms with Crippen molar-refractivity contribution in [1.29, 1.82) is 0 Å². The van der Waals surface area contributed by atoms with E-state index in [-0.39, 0.29) is 10.6 Å². The van der Waals surface area contributed by atoms with Gasteiger partial charge in [-0.25, -0.2) is 9.78 Å². The first-order valence-corrected chi connectivity index (χ1v) is 6.96. The van der Waals surface area contributed by atoms with Gasteiger partial charge in [0.1, 0.15) is 10.7 Å². The highest BCUT2D eigenvalue weighted by molar-refractivity contribution is 8.04. The summed E-state index contributed by atoms with van der Waals surface area (Å²) in [6.07, 6.45) is 0. The minimum absolute atomic E-state index is 0.0503. The van der Waals surface area contributed by atoms with E-state index in [1.807, 2.05) is 0 Å². The molecule has 9 heteroatoms. The minimum Gasteiger partial charge on any atom is -0.477 e. The number of aryl methyl sites for hydroxylation is 1. The Morgan fingerprint density at radius 1 is 1.36 bits per heavy atom. The zero-order valence-electron chi connectivity index (χ0n) is 11.7. The second-order valence-corrected chi connectivity index (χ2v) is 5.35. The van der Waals surface area contributed by atoms with E-state index < -0.39 is 10.9 Å². The molecule has 0 radical (unpaired) electrons. The van der Waals surface area contributed by atoms with Crippen molar-refractivity contribution in [1.82, 2.24) is 15.2 Å². The molecule has 0 bridgehead atoms. The molecule has 2 N–H and O–H groups in total. The Bertz CT molecular complexity index is 752. The molecule has 1 aromatic heterocycles. The standard InChI is InChI=1S/C13H12N4O4S/c1-7(9-3-5-10(6-4-9)17(20)21)11(12(18)19)22-13-14-8(2)15-16-13/h3-6H,1-2H3,(H,18,19)(H,14,15,16). The highest BCUT2D eigenvalue weighted by atomic mass is 32.2. The number of aliphatic carboxylic acids is 1. The predicted octanol–water partition coefficient (Wildman–Crippen LogP) is 2.63. The number of benzene rings is 1. The van der Waals surface area contributed by atoms with E-state index in [0.717, 1.165) is 11.8 Å². The number of H-pyrrole nitrogens is 1. The highest BCUT2D eigenvalue weighted by Crippen LogP contribution is 2.31. The van der Waals surface area contributed by atoms with E-state index in [2.05, 4.69) is 15.2 Å². The fraction of sp³-hybridized carbons (Fsp3) is 0.154. The Balaban J connectivity index is 2.37. The van der Waals surface area contributed by atoms with Crippen LogP contribution in [0.15, 0.2) is 34.3 Å². The summed E-state index contributed by atoms with van der Waals surface area (Å²) >= 11 is 0.924. The summed E-state index contributed by atoms with van der Waals surface area (Å²) in [6, 6.07) is 5.69. The van der Waals surface area contributed by atoms with Crippen molar-refractivity contribution in [3.05, 3.63) is 50.7 Å². The quantitative estimate of drug-likeness (QED) is 0.376. The van der Waals surface area contributed by atoms with Gasteiger partial charge in [-0.2, -0.15) is 0 Å². The summed E-state index contributed by atoms with van der Waals surface area (Å²) in [5, 5.41) is 26.8. The van der Waals surface area contributed by atoms with Gasteiger partial charge in [-0.15, -0.1) is 5.10 Å². The molecule has 2 rings (SSSR count). The van der Waals surface area contributed by atoms with Crippen LogP contribution < -0.4 is 0 Å². The Morgan fingerprint density at radius 3 is 2.45 bits per heavy atom. The number of nitro benzene ring substituents is 1. The third kappa shape index (κ3) is 3.50. The molecule has 0 aliphatic rings. The van der Waals surface area contributed by atoms with Gasteiger partial charge in [0.05, 0.1) is 4.92 Å². The Hall–Kier alpha value is -2.68. The lowest BCUT2D eigenvalue weighted by Gasteiger charge is -2.06. The molecule has 1 aromatic carbocycles. The van der Waals surface area contributed by atoms with Crippen LogP contribution in [0.2, 0.25) is 0 Å². The average molecular weight is 320 g/mol. The summed E-state index contributed by atoms with van der Waals surface area (Å²) < 4.78 is 0. The van der Waals surface area contributed by atoms with Crippen LogP contribution in [0.5, 0.6) is 0 Å². The van der Waals surface area contributed by atoms with Crippen LogP contribution in [-0.2, 0) is 4.79 Å². The molecule has 0 aliphatic carbocycles. The number of carboxylic acids is 1. The van der Waals surface area contributed by atoms with Crippen molar-refractivity contribution in [2.24, 2.45) is 0 Å². The summed E-state index contributed by atoms with van der Waals surface area (Å²) in [4.78, 5) is 25.7. The molecule has 2 aromatic rings. The normalized spacial score (nSPS) is 11.9. The molecule has 0 spiro atoms. The number of thioether (sulfide) groups is 1. The zero-order valence-corrected chi connectivity index (χ0v) is 12.5. The van der Waals surface area contributed by atoms with Gasteiger partial charge >= 0.3 is 5.97 Å². The fourth-order valence-corrected chi connectivity index (χ4v) is 2.52. The molecule has 0 amide bonds. The zero-order chi connectivity index (χ0) is 16.3. The molecule has 22 heavy (non-hydrogen) atoms. The van der Waals surface area contributed by atoms with E-state index in [1.54, 1.807) is 13.8 Å². The maximum Gasteiger partial charge on any atom is 0.342 e. The summed E-state index contributed by atoms with van der Waals surface area (Å²) in [7, 11) is 0. The van der Waals surface area contributed by atoms with Gasteiger partial charge in [-0.05, 0) is 48.9 Å². The van der Waals surface area contributed by atoms with E-state index >= 15 is 0 Å². The number of non-ortho nitro benzene ring substituents is 1. The van der Waals surface area contributed by atoms with E-state index in [4.69, 9.17) is 0 Å². The van der Waals surface area contributed by atoms with Crippen molar-refractivity contribution in [2.75, 3.05) is 0 Å². The molecule has 0 saturated carbocycles. The molecule has 0 saturated heterocycles. The molecular formula is C13H12N4O4S. The van der Waals surface area contributed by atoms with Crippen LogP contribution >= 0.6 is 11.8 Å². The highest BCUT2D eigenvalue weighted by Gasteiger charge is 2.17. The Morgan fingerprint density at radius 2 is 2.00 bits per heavy atom. The van der Waals surface area contributed by atoms with Gasteiger partial charge in [-0.1, -0.05) is 0 Å².